The molecule has 3 heterocycles. The fourth-order valence-corrected chi connectivity index (χ4v) is 4.17. The predicted octanol–water partition coefficient (Wildman–Crippen LogP) is 2.92. The molecule has 0 saturated heterocycles. The molecule has 0 fully saturated rings. The molecule has 8 nitrogen and oxygen atoms in total. The Morgan fingerprint density at radius 3 is 2.64 bits per heavy atom. The van der Waals surface area contributed by atoms with Gasteiger partial charge in [0.25, 0.3) is 5.56 Å². The van der Waals surface area contributed by atoms with Gasteiger partial charge in [0.15, 0.2) is 5.13 Å². The van der Waals surface area contributed by atoms with Gasteiger partial charge >= 0.3 is 5.97 Å². The predicted molar refractivity (Wildman–Crippen MR) is 107 cm³/mol. The molecule has 0 spiro atoms. The topological polar surface area (TPSA) is 114 Å². The van der Waals surface area contributed by atoms with E-state index in [0.29, 0.717) is 21.3 Å². The Hall–Kier alpha value is -3.37. The van der Waals surface area contributed by atoms with Crippen LogP contribution in [0.1, 0.15) is 10.4 Å². The number of carbonyl (C=O) groups excluding carboxylic acids is 1. The van der Waals surface area contributed by atoms with Gasteiger partial charge in [0.05, 0.1) is 10.9 Å². The van der Waals surface area contributed by atoms with E-state index in [0.717, 1.165) is 11.3 Å². The average molecular weight is 412 g/mol. The Kier molecular flexibility index (Phi) is 4.72. The van der Waals surface area contributed by atoms with E-state index in [9.17, 15) is 19.5 Å². The number of thiophene rings is 1. The minimum Gasteiger partial charge on any atom is -0.478 e. The first-order valence-electron chi connectivity index (χ1n) is 8.04. The Balaban J connectivity index is 1.86. The zero-order valence-corrected chi connectivity index (χ0v) is 15.8. The van der Waals surface area contributed by atoms with Crippen molar-refractivity contribution in [2.24, 2.45) is 0 Å². The van der Waals surface area contributed by atoms with Gasteiger partial charge in [0.1, 0.15) is 17.2 Å². The lowest BCUT2D eigenvalue weighted by molar-refractivity contribution is -0.116. The van der Waals surface area contributed by atoms with Gasteiger partial charge in [-0.1, -0.05) is 30.3 Å². The maximum absolute atomic E-state index is 13.1. The molecule has 0 aliphatic rings. The van der Waals surface area contributed by atoms with Crippen molar-refractivity contribution in [3.63, 3.8) is 0 Å². The highest BCUT2D eigenvalue weighted by Crippen LogP contribution is 2.25. The molecule has 4 rings (SSSR count). The second-order valence-corrected chi connectivity index (χ2v) is 7.47. The number of hydrogen-bond donors (Lipinski definition) is 2. The molecule has 0 saturated carbocycles. The molecule has 0 aliphatic heterocycles. The maximum atomic E-state index is 13.1. The summed E-state index contributed by atoms with van der Waals surface area (Å²) in [5.41, 5.74) is -0.0446. The highest BCUT2D eigenvalue weighted by Gasteiger charge is 2.21. The van der Waals surface area contributed by atoms with Crippen molar-refractivity contribution in [2.45, 2.75) is 6.54 Å². The summed E-state index contributed by atoms with van der Waals surface area (Å²) in [6.07, 6.45) is 1.56. The third-order valence-electron chi connectivity index (χ3n) is 3.94. The molecule has 140 valence electrons. The van der Waals surface area contributed by atoms with Crippen molar-refractivity contribution >= 4 is 49.9 Å². The number of carbonyl (C=O) groups is 2. The van der Waals surface area contributed by atoms with Crippen molar-refractivity contribution in [3.05, 3.63) is 63.2 Å². The summed E-state index contributed by atoms with van der Waals surface area (Å²) in [5, 5.41) is 15.5. The van der Waals surface area contributed by atoms with Crippen LogP contribution in [-0.2, 0) is 11.3 Å². The molecule has 0 atom stereocenters. The van der Waals surface area contributed by atoms with Crippen LogP contribution in [0.5, 0.6) is 0 Å². The summed E-state index contributed by atoms with van der Waals surface area (Å²) in [7, 11) is 0. The van der Waals surface area contributed by atoms with Crippen LogP contribution in [0.4, 0.5) is 5.13 Å². The minimum atomic E-state index is -1.21. The number of anilines is 1. The van der Waals surface area contributed by atoms with Crippen molar-refractivity contribution in [1.82, 2.24) is 14.5 Å². The van der Waals surface area contributed by atoms with E-state index in [-0.39, 0.29) is 17.5 Å². The van der Waals surface area contributed by atoms with Gasteiger partial charge in [-0.05, 0) is 0 Å². The SMILES string of the molecule is O=C(Cn1c(-c2ccccc2)nc2scc(C(=O)O)c2c1=O)Nc1nccs1. The molecule has 0 unspecified atom stereocenters. The number of fused-ring (bicyclic) bond motifs is 1. The number of thiazole rings is 1. The van der Waals surface area contributed by atoms with Crippen LogP contribution < -0.4 is 10.9 Å². The Bertz CT molecular complexity index is 1230. The Morgan fingerprint density at radius 2 is 1.96 bits per heavy atom. The van der Waals surface area contributed by atoms with Gasteiger partial charge in [-0.25, -0.2) is 14.8 Å². The largest absolute Gasteiger partial charge is 0.478 e. The molecule has 0 bridgehead atoms. The summed E-state index contributed by atoms with van der Waals surface area (Å²) in [6, 6.07) is 8.96. The molecule has 0 aliphatic carbocycles. The fourth-order valence-electron chi connectivity index (χ4n) is 2.72. The van der Waals surface area contributed by atoms with Crippen molar-refractivity contribution in [2.75, 3.05) is 5.32 Å². The molecule has 1 amide bonds. The first kappa shape index (κ1) is 18.0. The van der Waals surface area contributed by atoms with E-state index in [1.165, 1.54) is 21.3 Å². The van der Waals surface area contributed by atoms with Crippen molar-refractivity contribution in [1.29, 1.82) is 0 Å². The maximum Gasteiger partial charge on any atom is 0.337 e. The lowest BCUT2D eigenvalue weighted by Crippen LogP contribution is -2.30. The molecule has 0 radical (unpaired) electrons. The molecule has 3 aromatic heterocycles. The first-order chi connectivity index (χ1) is 13.5. The molecule has 1 aromatic carbocycles. The van der Waals surface area contributed by atoms with Gasteiger partial charge in [-0.3, -0.25) is 14.2 Å². The van der Waals surface area contributed by atoms with Crippen LogP contribution in [-0.4, -0.2) is 31.5 Å². The second-order valence-electron chi connectivity index (χ2n) is 5.71. The molecule has 4 aromatic rings. The number of carboxylic acid groups (broad SMARTS) is 1. The number of benzene rings is 1. The quantitative estimate of drug-likeness (QED) is 0.521. The van der Waals surface area contributed by atoms with Gasteiger partial charge < -0.3 is 10.4 Å². The van der Waals surface area contributed by atoms with E-state index in [1.807, 2.05) is 6.07 Å². The van der Waals surface area contributed by atoms with E-state index in [2.05, 4.69) is 15.3 Å². The average Bonchev–Trinajstić information content (AvgIpc) is 3.34. The number of aromatic nitrogens is 3. The third kappa shape index (κ3) is 3.30. The van der Waals surface area contributed by atoms with Gasteiger partial charge in [-0.15, -0.1) is 22.7 Å². The smallest absolute Gasteiger partial charge is 0.337 e. The molecule has 28 heavy (non-hydrogen) atoms. The molecular weight excluding hydrogens is 400 g/mol. The van der Waals surface area contributed by atoms with Gasteiger partial charge in [0, 0.05) is 22.5 Å². The lowest BCUT2D eigenvalue weighted by Gasteiger charge is -2.12. The fraction of sp³-hybridized carbons (Fsp3) is 0.0556. The zero-order chi connectivity index (χ0) is 19.7. The number of nitrogens with one attached hydrogen (secondary N) is 1. The number of nitrogens with zero attached hydrogens (tertiary/aromatic N) is 3. The van der Waals surface area contributed by atoms with E-state index in [4.69, 9.17) is 0 Å². The number of aromatic carboxylic acids is 1. The lowest BCUT2D eigenvalue weighted by atomic mass is 10.2. The Morgan fingerprint density at radius 1 is 1.18 bits per heavy atom. The highest BCUT2D eigenvalue weighted by molar-refractivity contribution is 7.17. The van der Waals surface area contributed by atoms with Crippen LogP contribution in [0.25, 0.3) is 21.6 Å². The summed E-state index contributed by atoms with van der Waals surface area (Å²) in [5.74, 6) is -1.37. The number of hydrogen-bond acceptors (Lipinski definition) is 7. The van der Waals surface area contributed by atoms with Crippen molar-refractivity contribution < 1.29 is 14.7 Å². The second kappa shape index (κ2) is 7.33. The Labute approximate surface area is 165 Å². The van der Waals surface area contributed by atoms with E-state index >= 15 is 0 Å². The molecule has 2 N–H and O–H groups in total. The number of rotatable bonds is 5. The first-order valence-corrected chi connectivity index (χ1v) is 9.80. The summed E-state index contributed by atoms with van der Waals surface area (Å²) < 4.78 is 1.19. The summed E-state index contributed by atoms with van der Waals surface area (Å²) in [4.78, 5) is 45.8. The molecular formula is C18H12N4O4S2. The highest BCUT2D eigenvalue weighted by atomic mass is 32.1. The zero-order valence-electron chi connectivity index (χ0n) is 14.2. The monoisotopic (exact) mass is 412 g/mol. The van der Waals surface area contributed by atoms with Crippen LogP contribution >= 0.6 is 22.7 Å². The number of carboxylic acids is 1. The van der Waals surface area contributed by atoms with Crippen LogP contribution in [0.2, 0.25) is 0 Å². The normalized spacial score (nSPS) is 10.9. The standard InChI is InChI=1S/C18H12N4O4S2/c23-12(20-18-19-6-7-27-18)8-22-14(10-4-2-1-3-5-10)21-15-13(16(22)24)11(9-28-15)17(25)26/h1-7,9H,8H2,(H,25,26)(H,19,20,23). The van der Waals surface area contributed by atoms with E-state index < -0.39 is 17.4 Å². The molecule has 10 heteroatoms. The number of amides is 1. The third-order valence-corrected chi connectivity index (χ3v) is 5.50. The van der Waals surface area contributed by atoms with Crippen LogP contribution in [0, 0.1) is 0 Å². The van der Waals surface area contributed by atoms with Gasteiger partial charge in [0.2, 0.25) is 5.91 Å². The summed E-state index contributed by atoms with van der Waals surface area (Å²) in [6.45, 7) is -0.319. The summed E-state index contributed by atoms with van der Waals surface area (Å²) >= 11 is 2.34. The van der Waals surface area contributed by atoms with Crippen LogP contribution in [0.3, 0.4) is 0 Å². The van der Waals surface area contributed by atoms with Gasteiger partial charge in [-0.2, -0.15) is 0 Å². The minimum absolute atomic E-state index is 0.000713. The van der Waals surface area contributed by atoms with Crippen LogP contribution in [0.15, 0.2) is 52.1 Å². The van der Waals surface area contributed by atoms with E-state index in [1.54, 1.807) is 35.8 Å². The van der Waals surface area contributed by atoms with Crippen molar-refractivity contribution in [3.8, 4) is 11.4 Å².